The molecular formula is C17H15ClINO3. The zero-order valence-corrected chi connectivity index (χ0v) is 15.3. The number of hydrogen-bond donors (Lipinski definition) is 1. The Balaban J connectivity index is 1.88. The zero-order chi connectivity index (χ0) is 16.8. The molecule has 2 aromatic rings. The molecule has 2 aromatic carbocycles. The van der Waals surface area contributed by atoms with Crippen LogP contribution >= 0.6 is 34.2 Å². The highest BCUT2D eigenvalue weighted by atomic mass is 127. The Kier molecular flexibility index (Phi) is 6.41. The molecule has 0 spiro atoms. The molecule has 1 amide bonds. The first kappa shape index (κ1) is 17.7. The van der Waals surface area contributed by atoms with Crippen molar-refractivity contribution in [1.29, 1.82) is 0 Å². The molecule has 23 heavy (non-hydrogen) atoms. The summed E-state index contributed by atoms with van der Waals surface area (Å²) in [6.45, 7) is 0. The van der Waals surface area contributed by atoms with Crippen LogP contribution in [0.5, 0.6) is 5.75 Å². The lowest BCUT2D eigenvalue weighted by Gasteiger charge is -2.08. The fourth-order valence-corrected chi connectivity index (χ4v) is 2.59. The lowest BCUT2D eigenvalue weighted by atomic mass is 10.1. The van der Waals surface area contributed by atoms with Crippen LogP contribution in [0.4, 0.5) is 5.69 Å². The number of rotatable bonds is 6. The molecule has 120 valence electrons. The summed E-state index contributed by atoms with van der Waals surface area (Å²) < 4.78 is 6.11. The molecular weight excluding hydrogens is 429 g/mol. The number of Topliss-reactive ketones (excluding diaryl/α,β-unsaturated/α-hetero) is 1. The van der Waals surface area contributed by atoms with Gasteiger partial charge in [0.05, 0.1) is 12.1 Å². The predicted octanol–water partition coefficient (Wildman–Crippen LogP) is 4.55. The Morgan fingerprint density at radius 2 is 1.83 bits per heavy atom. The quantitative estimate of drug-likeness (QED) is 0.526. The van der Waals surface area contributed by atoms with E-state index in [-0.39, 0.29) is 24.5 Å². The number of methoxy groups -OCH3 is 1. The topological polar surface area (TPSA) is 55.4 Å². The molecule has 4 nitrogen and oxygen atoms in total. The van der Waals surface area contributed by atoms with E-state index in [1.54, 1.807) is 30.3 Å². The number of anilines is 1. The second kappa shape index (κ2) is 8.31. The van der Waals surface area contributed by atoms with Crippen LogP contribution in [-0.4, -0.2) is 18.8 Å². The van der Waals surface area contributed by atoms with Crippen LogP contribution in [0.25, 0.3) is 0 Å². The van der Waals surface area contributed by atoms with Gasteiger partial charge in [0, 0.05) is 27.7 Å². The lowest BCUT2D eigenvalue weighted by Crippen LogP contribution is -2.13. The van der Waals surface area contributed by atoms with E-state index in [4.69, 9.17) is 16.3 Å². The Morgan fingerprint density at radius 1 is 1.13 bits per heavy atom. The molecule has 2 rings (SSSR count). The summed E-state index contributed by atoms with van der Waals surface area (Å²) in [5.74, 6) is 0.257. The minimum Gasteiger partial charge on any atom is -0.495 e. The Labute approximate surface area is 153 Å². The molecule has 0 aromatic heterocycles. The molecule has 0 unspecified atom stereocenters. The SMILES string of the molecule is COc1ccc(NC(=O)CCC(=O)c2ccc(I)cc2)cc1Cl. The van der Waals surface area contributed by atoms with Crippen molar-refractivity contribution >= 4 is 51.6 Å². The minimum absolute atomic E-state index is 0.0516. The van der Waals surface area contributed by atoms with Crippen LogP contribution in [0.1, 0.15) is 23.2 Å². The maximum Gasteiger partial charge on any atom is 0.224 e. The van der Waals surface area contributed by atoms with E-state index in [0.29, 0.717) is 22.0 Å². The molecule has 0 saturated carbocycles. The molecule has 0 aliphatic carbocycles. The summed E-state index contributed by atoms with van der Waals surface area (Å²) >= 11 is 8.18. The van der Waals surface area contributed by atoms with Crippen molar-refractivity contribution in [2.24, 2.45) is 0 Å². The van der Waals surface area contributed by atoms with Gasteiger partial charge in [-0.1, -0.05) is 23.7 Å². The van der Waals surface area contributed by atoms with Crippen LogP contribution in [0.15, 0.2) is 42.5 Å². The summed E-state index contributed by atoms with van der Waals surface area (Å²) in [4.78, 5) is 24.0. The number of carbonyl (C=O) groups excluding carboxylic acids is 2. The number of ether oxygens (including phenoxy) is 1. The van der Waals surface area contributed by atoms with Gasteiger partial charge >= 0.3 is 0 Å². The molecule has 0 aliphatic rings. The minimum atomic E-state index is -0.231. The van der Waals surface area contributed by atoms with Gasteiger partial charge in [-0.25, -0.2) is 0 Å². The summed E-state index contributed by atoms with van der Waals surface area (Å²) in [6, 6.07) is 12.3. The van der Waals surface area contributed by atoms with Gasteiger partial charge in [-0.05, 0) is 52.9 Å². The molecule has 0 saturated heterocycles. The number of benzene rings is 2. The van der Waals surface area contributed by atoms with Crippen molar-refractivity contribution in [3.63, 3.8) is 0 Å². The van der Waals surface area contributed by atoms with E-state index < -0.39 is 0 Å². The third-order valence-electron chi connectivity index (χ3n) is 3.18. The van der Waals surface area contributed by atoms with Crippen molar-refractivity contribution in [3.8, 4) is 5.75 Å². The van der Waals surface area contributed by atoms with Gasteiger partial charge in [-0.2, -0.15) is 0 Å². The average molecular weight is 444 g/mol. The molecule has 6 heteroatoms. The number of nitrogens with one attached hydrogen (secondary N) is 1. The maximum absolute atomic E-state index is 12.0. The van der Waals surface area contributed by atoms with Crippen molar-refractivity contribution < 1.29 is 14.3 Å². The van der Waals surface area contributed by atoms with E-state index in [0.717, 1.165) is 3.57 Å². The second-order valence-corrected chi connectivity index (χ2v) is 6.48. The third-order valence-corrected chi connectivity index (χ3v) is 4.20. The third kappa shape index (κ3) is 5.21. The lowest BCUT2D eigenvalue weighted by molar-refractivity contribution is -0.116. The molecule has 0 atom stereocenters. The molecule has 0 heterocycles. The zero-order valence-electron chi connectivity index (χ0n) is 12.4. The Bertz CT molecular complexity index is 716. The number of hydrogen-bond acceptors (Lipinski definition) is 3. The largest absolute Gasteiger partial charge is 0.495 e. The predicted molar refractivity (Wildman–Crippen MR) is 99.4 cm³/mol. The summed E-state index contributed by atoms with van der Waals surface area (Å²) in [5, 5.41) is 3.13. The second-order valence-electron chi connectivity index (χ2n) is 4.83. The van der Waals surface area contributed by atoms with Gasteiger partial charge in [-0.3, -0.25) is 9.59 Å². The fraction of sp³-hybridized carbons (Fsp3) is 0.176. The van der Waals surface area contributed by atoms with E-state index in [1.165, 1.54) is 7.11 Å². The van der Waals surface area contributed by atoms with Gasteiger partial charge in [-0.15, -0.1) is 0 Å². The summed E-state index contributed by atoms with van der Waals surface area (Å²) in [6.07, 6.45) is 0.283. The van der Waals surface area contributed by atoms with Crippen LogP contribution < -0.4 is 10.1 Å². The molecule has 0 radical (unpaired) electrons. The van der Waals surface area contributed by atoms with Gasteiger partial charge < -0.3 is 10.1 Å². The number of ketones is 1. The first-order valence-corrected chi connectivity index (χ1v) is 8.37. The normalized spacial score (nSPS) is 10.2. The molecule has 1 N–H and O–H groups in total. The summed E-state index contributed by atoms with van der Waals surface area (Å²) in [7, 11) is 1.52. The van der Waals surface area contributed by atoms with Gasteiger partial charge in [0.15, 0.2) is 5.78 Å². The number of amides is 1. The first-order chi connectivity index (χ1) is 11.0. The van der Waals surface area contributed by atoms with Crippen LogP contribution in [-0.2, 0) is 4.79 Å². The van der Waals surface area contributed by atoms with Crippen molar-refractivity contribution in [1.82, 2.24) is 0 Å². The maximum atomic E-state index is 12.0. The van der Waals surface area contributed by atoms with Crippen molar-refractivity contribution in [2.75, 3.05) is 12.4 Å². The van der Waals surface area contributed by atoms with Crippen LogP contribution in [0.2, 0.25) is 5.02 Å². The van der Waals surface area contributed by atoms with Gasteiger partial charge in [0.25, 0.3) is 0 Å². The highest BCUT2D eigenvalue weighted by Crippen LogP contribution is 2.27. The van der Waals surface area contributed by atoms with Crippen molar-refractivity contribution in [2.45, 2.75) is 12.8 Å². The molecule has 0 fully saturated rings. The average Bonchev–Trinajstić information content (AvgIpc) is 2.53. The van der Waals surface area contributed by atoms with Gasteiger partial charge in [0.2, 0.25) is 5.91 Å². The Hall–Kier alpha value is -1.60. The fourth-order valence-electron chi connectivity index (χ4n) is 1.97. The monoisotopic (exact) mass is 443 g/mol. The van der Waals surface area contributed by atoms with E-state index in [1.807, 2.05) is 12.1 Å². The molecule has 0 aliphatic heterocycles. The highest BCUT2D eigenvalue weighted by molar-refractivity contribution is 14.1. The highest BCUT2D eigenvalue weighted by Gasteiger charge is 2.10. The van der Waals surface area contributed by atoms with Crippen LogP contribution in [0.3, 0.4) is 0 Å². The van der Waals surface area contributed by atoms with Crippen LogP contribution in [0, 0.1) is 3.57 Å². The molecule has 0 bridgehead atoms. The van der Waals surface area contributed by atoms with E-state index >= 15 is 0 Å². The Morgan fingerprint density at radius 3 is 2.43 bits per heavy atom. The number of halogens is 2. The van der Waals surface area contributed by atoms with Crippen molar-refractivity contribution in [3.05, 3.63) is 56.6 Å². The van der Waals surface area contributed by atoms with E-state index in [9.17, 15) is 9.59 Å². The number of carbonyl (C=O) groups is 2. The van der Waals surface area contributed by atoms with E-state index in [2.05, 4.69) is 27.9 Å². The smallest absolute Gasteiger partial charge is 0.224 e. The van der Waals surface area contributed by atoms with Gasteiger partial charge in [0.1, 0.15) is 5.75 Å². The summed E-state index contributed by atoms with van der Waals surface area (Å²) in [5.41, 5.74) is 1.19. The first-order valence-electron chi connectivity index (χ1n) is 6.92. The standard InChI is InChI=1S/C17H15ClINO3/c1-23-16-8-6-13(10-14(16)18)20-17(22)9-7-15(21)11-2-4-12(19)5-3-11/h2-6,8,10H,7,9H2,1H3,(H,20,22).